The smallest absolute Gasteiger partial charge is 0.375 e. The minimum Gasteiger partial charge on any atom is -0.375 e. The van der Waals surface area contributed by atoms with Gasteiger partial charge in [-0.3, -0.25) is 4.68 Å². The molecular weight excluding hydrogens is 323 g/mol. The second-order valence-corrected chi connectivity index (χ2v) is 4.94. The molecule has 0 radical (unpaired) electrons. The zero-order chi connectivity index (χ0) is 17.4. The van der Waals surface area contributed by atoms with Crippen molar-refractivity contribution < 1.29 is 17.9 Å². The van der Waals surface area contributed by atoms with Crippen LogP contribution in [0.3, 0.4) is 0 Å². The van der Waals surface area contributed by atoms with Crippen molar-refractivity contribution in [2.75, 3.05) is 18.5 Å². The van der Waals surface area contributed by atoms with Crippen LogP contribution in [-0.2, 0) is 17.9 Å². The second kappa shape index (κ2) is 8.34. The van der Waals surface area contributed by atoms with Crippen LogP contribution in [0.4, 0.5) is 19.0 Å². The summed E-state index contributed by atoms with van der Waals surface area (Å²) in [6, 6.07) is 11.3. The van der Waals surface area contributed by atoms with Gasteiger partial charge in [-0.05, 0) is 5.56 Å². The van der Waals surface area contributed by atoms with Gasteiger partial charge >= 0.3 is 6.18 Å². The fraction of sp³-hybridized carbons (Fsp3) is 0.333. The molecule has 6 nitrogen and oxygen atoms in total. The van der Waals surface area contributed by atoms with Crippen molar-refractivity contribution in [3.05, 3.63) is 48.2 Å². The summed E-state index contributed by atoms with van der Waals surface area (Å²) in [5.74, 6) is -0.0145. The zero-order valence-electron chi connectivity index (χ0n) is 12.8. The summed E-state index contributed by atoms with van der Waals surface area (Å²) in [5.41, 5.74) is 6.45. The Morgan fingerprint density at radius 2 is 2.00 bits per heavy atom. The fourth-order valence-electron chi connectivity index (χ4n) is 1.82. The molecule has 0 saturated heterocycles. The SMILES string of the molecule is NC(=NCC(F)(F)F)Nc1ccn(CCOCc2ccccc2)n1. The number of guanidine groups is 1. The average molecular weight is 341 g/mol. The number of alkyl halides is 3. The van der Waals surface area contributed by atoms with Crippen molar-refractivity contribution in [1.82, 2.24) is 9.78 Å². The summed E-state index contributed by atoms with van der Waals surface area (Å²) in [6.45, 7) is 0.131. The number of aromatic nitrogens is 2. The van der Waals surface area contributed by atoms with E-state index in [-0.39, 0.29) is 5.96 Å². The minimum atomic E-state index is -4.39. The molecule has 0 aliphatic heterocycles. The van der Waals surface area contributed by atoms with E-state index in [1.807, 2.05) is 30.3 Å². The number of nitrogens with one attached hydrogen (secondary N) is 1. The maximum absolute atomic E-state index is 12.0. The van der Waals surface area contributed by atoms with E-state index in [4.69, 9.17) is 10.5 Å². The predicted octanol–water partition coefficient (Wildman–Crippen LogP) is 2.39. The number of hydrogen-bond donors (Lipinski definition) is 2. The molecule has 24 heavy (non-hydrogen) atoms. The lowest BCUT2D eigenvalue weighted by Crippen LogP contribution is -2.25. The van der Waals surface area contributed by atoms with Gasteiger partial charge in [-0.25, -0.2) is 4.99 Å². The van der Waals surface area contributed by atoms with Gasteiger partial charge in [0.1, 0.15) is 6.54 Å². The molecule has 3 N–H and O–H groups in total. The molecule has 0 unspecified atom stereocenters. The second-order valence-electron chi connectivity index (χ2n) is 4.94. The summed E-state index contributed by atoms with van der Waals surface area (Å²) < 4.78 is 43.2. The van der Waals surface area contributed by atoms with Crippen LogP contribution >= 0.6 is 0 Å². The molecule has 0 saturated carbocycles. The lowest BCUT2D eigenvalue weighted by molar-refractivity contribution is -0.118. The highest BCUT2D eigenvalue weighted by Crippen LogP contribution is 2.14. The van der Waals surface area contributed by atoms with E-state index < -0.39 is 12.7 Å². The highest BCUT2D eigenvalue weighted by Gasteiger charge is 2.26. The van der Waals surface area contributed by atoms with Crippen LogP contribution in [0.15, 0.2) is 47.6 Å². The molecule has 0 atom stereocenters. The fourth-order valence-corrected chi connectivity index (χ4v) is 1.82. The van der Waals surface area contributed by atoms with Crippen molar-refractivity contribution in [3.63, 3.8) is 0 Å². The lowest BCUT2D eigenvalue weighted by Gasteiger charge is -2.06. The van der Waals surface area contributed by atoms with E-state index >= 15 is 0 Å². The number of hydrogen-bond acceptors (Lipinski definition) is 3. The molecule has 1 aromatic heterocycles. The monoisotopic (exact) mass is 341 g/mol. The number of nitrogens with zero attached hydrogens (tertiary/aromatic N) is 3. The molecule has 0 aliphatic carbocycles. The molecule has 0 bridgehead atoms. The first-order valence-electron chi connectivity index (χ1n) is 7.21. The number of ether oxygens (including phenoxy) is 1. The van der Waals surface area contributed by atoms with Crippen molar-refractivity contribution in [3.8, 4) is 0 Å². The minimum absolute atomic E-state index is 0.321. The summed E-state index contributed by atoms with van der Waals surface area (Å²) in [6.07, 6.45) is -2.72. The number of anilines is 1. The Kier molecular flexibility index (Phi) is 6.19. The molecule has 130 valence electrons. The normalized spacial score (nSPS) is 12.4. The predicted molar refractivity (Wildman–Crippen MR) is 84.5 cm³/mol. The quantitative estimate of drug-likeness (QED) is 0.460. The molecule has 0 aliphatic rings. The van der Waals surface area contributed by atoms with E-state index in [1.54, 1.807) is 16.9 Å². The topological polar surface area (TPSA) is 77.5 Å². The maximum Gasteiger partial charge on any atom is 0.408 e. The van der Waals surface area contributed by atoms with E-state index in [9.17, 15) is 13.2 Å². The first-order chi connectivity index (χ1) is 11.4. The molecular formula is C15H18F3N5O. The van der Waals surface area contributed by atoms with Crippen LogP contribution in [0.1, 0.15) is 5.56 Å². The zero-order valence-corrected chi connectivity index (χ0v) is 12.8. The Hall–Kier alpha value is -2.55. The Morgan fingerprint density at radius 1 is 1.25 bits per heavy atom. The molecule has 9 heteroatoms. The van der Waals surface area contributed by atoms with Gasteiger partial charge in [-0.1, -0.05) is 30.3 Å². The number of nitrogens with two attached hydrogens (primary N) is 1. The molecule has 0 amide bonds. The first-order valence-corrected chi connectivity index (χ1v) is 7.21. The van der Waals surface area contributed by atoms with Gasteiger partial charge in [-0.15, -0.1) is 0 Å². The molecule has 0 fully saturated rings. The van der Waals surface area contributed by atoms with Gasteiger partial charge in [0.05, 0.1) is 19.8 Å². The van der Waals surface area contributed by atoms with Crippen LogP contribution < -0.4 is 11.1 Å². The first kappa shape index (κ1) is 17.8. The highest BCUT2D eigenvalue weighted by atomic mass is 19.4. The largest absolute Gasteiger partial charge is 0.408 e. The van der Waals surface area contributed by atoms with E-state index in [2.05, 4.69) is 15.4 Å². The molecule has 2 aromatic rings. The van der Waals surface area contributed by atoms with Gasteiger partial charge in [0.2, 0.25) is 0 Å². The van der Waals surface area contributed by atoms with E-state index in [0.717, 1.165) is 5.56 Å². The van der Waals surface area contributed by atoms with E-state index in [0.29, 0.717) is 25.6 Å². The Balaban J connectivity index is 1.72. The molecule has 0 spiro atoms. The molecule has 1 aromatic carbocycles. The molecule has 2 rings (SSSR count). The van der Waals surface area contributed by atoms with Crippen LogP contribution in [0.25, 0.3) is 0 Å². The van der Waals surface area contributed by atoms with Crippen molar-refractivity contribution >= 4 is 11.8 Å². The third-order valence-electron chi connectivity index (χ3n) is 2.90. The summed E-state index contributed by atoms with van der Waals surface area (Å²) >= 11 is 0. The standard InChI is InChI=1S/C15H18F3N5O/c16-15(17,18)11-20-14(19)21-13-6-7-23(22-13)8-9-24-10-12-4-2-1-3-5-12/h1-7H,8-11H2,(H3,19,20,21,22). The van der Waals surface area contributed by atoms with Crippen LogP contribution in [0, 0.1) is 0 Å². The van der Waals surface area contributed by atoms with Gasteiger partial charge in [0.15, 0.2) is 11.8 Å². The van der Waals surface area contributed by atoms with Gasteiger partial charge in [-0.2, -0.15) is 18.3 Å². The van der Waals surface area contributed by atoms with Gasteiger partial charge in [0, 0.05) is 12.3 Å². The average Bonchev–Trinajstić information content (AvgIpc) is 2.97. The number of halogens is 3. The van der Waals surface area contributed by atoms with Crippen molar-refractivity contribution in [2.24, 2.45) is 10.7 Å². The number of aliphatic imine (C=N–C) groups is 1. The van der Waals surface area contributed by atoms with Crippen LogP contribution in [0.2, 0.25) is 0 Å². The van der Waals surface area contributed by atoms with Crippen molar-refractivity contribution in [2.45, 2.75) is 19.3 Å². The number of rotatable bonds is 7. The van der Waals surface area contributed by atoms with Crippen LogP contribution in [-0.4, -0.2) is 35.1 Å². The van der Waals surface area contributed by atoms with E-state index in [1.165, 1.54) is 0 Å². The lowest BCUT2D eigenvalue weighted by atomic mass is 10.2. The molecule has 1 heterocycles. The third kappa shape index (κ3) is 6.69. The highest BCUT2D eigenvalue weighted by molar-refractivity contribution is 5.91. The van der Waals surface area contributed by atoms with Gasteiger partial charge < -0.3 is 15.8 Å². The summed E-state index contributed by atoms with van der Waals surface area (Å²) in [7, 11) is 0. The Bertz CT molecular complexity index is 655. The Morgan fingerprint density at radius 3 is 2.71 bits per heavy atom. The number of benzene rings is 1. The van der Waals surface area contributed by atoms with Gasteiger partial charge in [0.25, 0.3) is 0 Å². The summed E-state index contributed by atoms with van der Waals surface area (Å²) in [5, 5.41) is 6.63. The van der Waals surface area contributed by atoms with Crippen LogP contribution in [0.5, 0.6) is 0 Å². The maximum atomic E-state index is 12.0. The Labute approximate surface area is 137 Å². The third-order valence-corrected chi connectivity index (χ3v) is 2.90. The van der Waals surface area contributed by atoms with Crippen molar-refractivity contribution in [1.29, 1.82) is 0 Å². The summed E-state index contributed by atoms with van der Waals surface area (Å²) in [4.78, 5) is 3.19.